The van der Waals surface area contributed by atoms with Gasteiger partial charge in [-0.3, -0.25) is 4.79 Å². The van der Waals surface area contributed by atoms with Crippen molar-refractivity contribution in [1.29, 1.82) is 0 Å². The topological polar surface area (TPSA) is 50.7 Å². The lowest BCUT2D eigenvalue weighted by Crippen LogP contribution is -2.11. The van der Waals surface area contributed by atoms with Crippen LogP contribution in [0.1, 0.15) is 5.56 Å². The largest absolute Gasteiger partial charge is 0.328 e. The van der Waals surface area contributed by atoms with Crippen molar-refractivity contribution in [3.63, 3.8) is 0 Å². The number of hydrogen-bond donors (Lipinski definition) is 1. The maximum absolute atomic E-state index is 11.8. The van der Waals surface area contributed by atoms with E-state index >= 15 is 0 Å². The maximum Gasteiger partial charge on any atom is 0.258 e. The number of H-pyrrole nitrogens is 1. The average molecular weight is 257 g/mol. The number of imidazole rings is 1. The predicted molar refractivity (Wildman–Crippen MR) is 71.7 cm³/mol. The van der Waals surface area contributed by atoms with Crippen molar-refractivity contribution in [1.82, 2.24) is 14.5 Å². The van der Waals surface area contributed by atoms with Gasteiger partial charge in [-0.15, -0.1) is 0 Å². The lowest BCUT2D eigenvalue weighted by molar-refractivity contribution is 0.808. The van der Waals surface area contributed by atoms with E-state index in [2.05, 4.69) is 21.4 Å². The van der Waals surface area contributed by atoms with Crippen LogP contribution in [0.3, 0.4) is 0 Å². The predicted octanol–water partition coefficient (Wildman–Crippen LogP) is 2.35. The lowest BCUT2D eigenvalue weighted by Gasteiger charge is -2.05. The Kier molecular flexibility index (Phi) is 2.82. The molecule has 18 heavy (non-hydrogen) atoms. The van der Waals surface area contributed by atoms with Crippen LogP contribution in [0.15, 0.2) is 52.3 Å². The van der Waals surface area contributed by atoms with Crippen LogP contribution < -0.4 is 5.56 Å². The minimum absolute atomic E-state index is 0.115. The van der Waals surface area contributed by atoms with Crippen molar-refractivity contribution in [2.75, 3.05) is 0 Å². The normalized spacial score (nSPS) is 10.7. The van der Waals surface area contributed by atoms with E-state index in [0.717, 1.165) is 6.54 Å². The van der Waals surface area contributed by atoms with Crippen LogP contribution in [-0.2, 0) is 6.54 Å². The Balaban J connectivity index is 2.02. The first-order chi connectivity index (χ1) is 8.84. The van der Waals surface area contributed by atoms with Crippen molar-refractivity contribution in [2.24, 2.45) is 0 Å². The van der Waals surface area contributed by atoms with Gasteiger partial charge in [-0.05, 0) is 34.5 Å². The van der Waals surface area contributed by atoms with Gasteiger partial charge < -0.3 is 9.55 Å². The quantitative estimate of drug-likeness (QED) is 0.783. The number of rotatable bonds is 3. The summed E-state index contributed by atoms with van der Waals surface area (Å²) in [5.41, 5.74) is 1.69. The number of nitrogens with zero attached hydrogens (tertiary/aromatic N) is 2. The molecule has 3 heterocycles. The van der Waals surface area contributed by atoms with E-state index in [4.69, 9.17) is 0 Å². The summed E-state index contributed by atoms with van der Waals surface area (Å²) in [6.07, 6.45) is 5.23. The second-order valence-electron chi connectivity index (χ2n) is 3.92. The molecule has 0 unspecified atom stereocenters. The first kappa shape index (κ1) is 11.0. The highest BCUT2D eigenvalue weighted by Gasteiger charge is 2.09. The number of nitrogens with one attached hydrogen (secondary N) is 1. The third-order valence-electron chi connectivity index (χ3n) is 2.71. The molecule has 0 aliphatic rings. The van der Waals surface area contributed by atoms with Crippen molar-refractivity contribution in [3.05, 3.63) is 63.5 Å². The number of aromatic amines is 1. The molecule has 3 aromatic heterocycles. The highest BCUT2D eigenvalue weighted by molar-refractivity contribution is 7.07. The molecule has 0 spiro atoms. The molecule has 0 fully saturated rings. The highest BCUT2D eigenvalue weighted by Crippen LogP contribution is 2.15. The van der Waals surface area contributed by atoms with E-state index in [0.29, 0.717) is 11.4 Å². The molecule has 0 atom stereocenters. The Bertz CT molecular complexity index is 697. The van der Waals surface area contributed by atoms with Crippen molar-refractivity contribution in [3.8, 4) is 11.4 Å². The molecule has 0 aromatic carbocycles. The third-order valence-corrected chi connectivity index (χ3v) is 3.44. The van der Waals surface area contributed by atoms with Crippen LogP contribution in [0, 0.1) is 0 Å². The maximum atomic E-state index is 11.8. The Morgan fingerprint density at radius 2 is 2.33 bits per heavy atom. The summed E-state index contributed by atoms with van der Waals surface area (Å²) in [4.78, 5) is 18.7. The first-order valence-corrected chi connectivity index (χ1v) is 6.49. The summed E-state index contributed by atoms with van der Waals surface area (Å²) in [6.45, 7) is 0.729. The zero-order chi connectivity index (χ0) is 12.4. The Morgan fingerprint density at radius 1 is 1.39 bits per heavy atom. The summed E-state index contributed by atoms with van der Waals surface area (Å²) in [7, 11) is 0. The third kappa shape index (κ3) is 2.00. The van der Waals surface area contributed by atoms with Gasteiger partial charge in [0, 0.05) is 25.1 Å². The summed E-state index contributed by atoms with van der Waals surface area (Å²) < 4.78 is 1.98. The van der Waals surface area contributed by atoms with E-state index in [1.54, 1.807) is 35.9 Å². The van der Waals surface area contributed by atoms with Gasteiger partial charge in [-0.2, -0.15) is 11.3 Å². The van der Waals surface area contributed by atoms with Gasteiger partial charge in [-0.1, -0.05) is 0 Å². The first-order valence-electron chi connectivity index (χ1n) is 5.55. The van der Waals surface area contributed by atoms with Crippen molar-refractivity contribution in [2.45, 2.75) is 6.54 Å². The van der Waals surface area contributed by atoms with E-state index in [9.17, 15) is 4.79 Å². The highest BCUT2D eigenvalue weighted by atomic mass is 32.1. The molecular weight excluding hydrogens is 246 g/mol. The standard InChI is InChI=1S/C13H11N3OS/c17-13-11(2-1-4-15-13)12-14-5-6-16(12)8-10-3-7-18-9-10/h1-7,9H,8H2,(H,15,17). The van der Waals surface area contributed by atoms with E-state index in [1.165, 1.54) is 5.56 Å². The molecule has 0 saturated heterocycles. The molecular formula is C13H11N3OS. The van der Waals surface area contributed by atoms with Gasteiger partial charge in [0.1, 0.15) is 5.82 Å². The molecule has 90 valence electrons. The van der Waals surface area contributed by atoms with Gasteiger partial charge in [0.25, 0.3) is 5.56 Å². The number of thiophene rings is 1. The smallest absolute Gasteiger partial charge is 0.258 e. The van der Waals surface area contributed by atoms with Crippen LogP contribution in [0.2, 0.25) is 0 Å². The molecule has 0 radical (unpaired) electrons. The Morgan fingerprint density at radius 3 is 3.11 bits per heavy atom. The summed E-state index contributed by atoms with van der Waals surface area (Å²) in [5, 5.41) is 4.14. The monoisotopic (exact) mass is 257 g/mol. The van der Waals surface area contributed by atoms with E-state index in [-0.39, 0.29) is 5.56 Å². The summed E-state index contributed by atoms with van der Waals surface area (Å²) >= 11 is 1.66. The minimum atomic E-state index is -0.115. The SMILES string of the molecule is O=c1[nH]cccc1-c1nccn1Cc1ccsc1. The molecule has 3 aromatic rings. The fourth-order valence-electron chi connectivity index (χ4n) is 1.86. The summed E-state index contributed by atoms with van der Waals surface area (Å²) in [6, 6.07) is 5.66. The number of pyridine rings is 1. The fraction of sp³-hybridized carbons (Fsp3) is 0.0769. The Labute approximate surface area is 108 Å². The van der Waals surface area contributed by atoms with Gasteiger partial charge >= 0.3 is 0 Å². The van der Waals surface area contributed by atoms with E-state index in [1.807, 2.05) is 16.1 Å². The molecule has 1 N–H and O–H groups in total. The van der Waals surface area contributed by atoms with Crippen LogP contribution in [-0.4, -0.2) is 14.5 Å². The molecule has 0 saturated carbocycles. The van der Waals surface area contributed by atoms with Gasteiger partial charge in [0.05, 0.1) is 5.56 Å². The van der Waals surface area contributed by atoms with Crippen LogP contribution in [0.4, 0.5) is 0 Å². The van der Waals surface area contributed by atoms with E-state index < -0.39 is 0 Å². The van der Waals surface area contributed by atoms with Crippen molar-refractivity contribution < 1.29 is 0 Å². The molecule has 4 nitrogen and oxygen atoms in total. The second-order valence-corrected chi connectivity index (χ2v) is 4.70. The molecule has 0 bridgehead atoms. The zero-order valence-electron chi connectivity index (χ0n) is 9.54. The van der Waals surface area contributed by atoms with Crippen molar-refractivity contribution >= 4 is 11.3 Å². The molecule has 0 aliphatic heterocycles. The Hall–Kier alpha value is -2.14. The zero-order valence-corrected chi connectivity index (χ0v) is 10.4. The minimum Gasteiger partial charge on any atom is -0.328 e. The van der Waals surface area contributed by atoms with Gasteiger partial charge in [-0.25, -0.2) is 4.98 Å². The fourth-order valence-corrected chi connectivity index (χ4v) is 2.52. The lowest BCUT2D eigenvalue weighted by atomic mass is 10.2. The molecule has 0 amide bonds. The molecule has 3 rings (SSSR count). The number of aromatic nitrogens is 3. The van der Waals surface area contributed by atoms with Crippen LogP contribution in [0.5, 0.6) is 0 Å². The average Bonchev–Trinajstić information content (AvgIpc) is 3.02. The van der Waals surface area contributed by atoms with Gasteiger partial charge in [0.2, 0.25) is 0 Å². The van der Waals surface area contributed by atoms with Crippen LogP contribution in [0.25, 0.3) is 11.4 Å². The van der Waals surface area contributed by atoms with Crippen LogP contribution >= 0.6 is 11.3 Å². The number of hydrogen-bond acceptors (Lipinski definition) is 3. The van der Waals surface area contributed by atoms with Gasteiger partial charge in [0.15, 0.2) is 0 Å². The molecule has 0 aliphatic carbocycles. The summed E-state index contributed by atoms with van der Waals surface area (Å²) in [5.74, 6) is 0.697. The molecule has 5 heteroatoms. The second kappa shape index (κ2) is 4.62.